The van der Waals surface area contributed by atoms with E-state index in [9.17, 15) is 9.59 Å². The molecule has 0 aromatic heterocycles. The van der Waals surface area contributed by atoms with E-state index < -0.39 is 12.0 Å². The van der Waals surface area contributed by atoms with E-state index >= 15 is 0 Å². The van der Waals surface area contributed by atoms with Gasteiger partial charge in [0.2, 0.25) is 0 Å². The highest BCUT2D eigenvalue weighted by Crippen LogP contribution is 2.31. The van der Waals surface area contributed by atoms with Gasteiger partial charge in [0.15, 0.2) is 0 Å². The van der Waals surface area contributed by atoms with Crippen molar-refractivity contribution in [1.82, 2.24) is 4.90 Å². The molecule has 0 spiro atoms. The van der Waals surface area contributed by atoms with Crippen LogP contribution in [-0.2, 0) is 9.53 Å². The number of carbonyl (C=O) groups is 2. The Kier molecular flexibility index (Phi) is 4.96. The van der Waals surface area contributed by atoms with Gasteiger partial charge < -0.3 is 15.4 Å². The maximum Gasteiger partial charge on any atom is 0.328 e. The van der Waals surface area contributed by atoms with Crippen LogP contribution in [0, 0.1) is 0 Å². The summed E-state index contributed by atoms with van der Waals surface area (Å²) >= 11 is 12.0. The zero-order valence-corrected chi connectivity index (χ0v) is 13.1. The molecule has 1 aliphatic rings. The lowest BCUT2D eigenvalue weighted by Gasteiger charge is -2.23. The lowest BCUT2D eigenvalue weighted by atomic mass is 10.1. The quantitative estimate of drug-likeness (QED) is 0.683. The molecule has 1 aliphatic heterocycles. The van der Waals surface area contributed by atoms with Crippen LogP contribution in [0.1, 0.15) is 30.1 Å². The van der Waals surface area contributed by atoms with Crippen LogP contribution in [0.2, 0.25) is 10.0 Å². The van der Waals surface area contributed by atoms with E-state index in [1.807, 2.05) is 0 Å². The number of benzene rings is 1. The van der Waals surface area contributed by atoms with E-state index in [1.54, 1.807) is 6.92 Å². The topological polar surface area (TPSA) is 72.6 Å². The average molecular weight is 331 g/mol. The number of halogens is 2. The van der Waals surface area contributed by atoms with Crippen molar-refractivity contribution in [3.63, 3.8) is 0 Å². The zero-order chi connectivity index (χ0) is 15.6. The molecule has 5 nitrogen and oxygen atoms in total. The first-order valence-electron chi connectivity index (χ1n) is 6.67. The molecule has 1 aromatic rings. The summed E-state index contributed by atoms with van der Waals surface area (Å²) < 4.78 is 5.00. The highest BCUT2D eigenvalue weighted by atomic mass is 35.5. The molecule has 1 aromatic carbocycles. The summed E-state index contributed by atoms with van der Waals surface area (Å²) in [4.78, 5) is 26.0. The third kappa shape index (κ3) is 3.24. The van der Waals surface area contributed by atoms with Crippen LogP contribution >= 0.6 is 23.2 Å². The number of hydrogen-bond donors (Lipinski definition) is 1. The molecule has 2 rings (SSSR count). The van der Waals surface area contributed by atoms with Crippen molar-refractivity contribution < 1.29 is 14.3 Å². The number of rotatable bonds is 3. The molecule has 1 amide bonds. The van der Waals surface area contributed by atoms with Crippen molar-refractivity contribution in [2.24, 2.45) is 0 Å². The van der Waals surface area contributed by atoms with Crippen LogP contribution in [-0.4, -0.2) is 36.0 Å². The Hall–Kier alpha value is -1.46. The van der Waals surface area contributed by atoms with Crippen LogP contribution in [0.4, 0.5) is 5.69 Å². The minimum Gasteiger partial charge on any atom is -0.464 e. The predicted octanol–water partition coefficient (Wildman–Crippen LogP) is 2.74. The number of hydrogen-bond acceptors (Lipinski definition) is 4. The first kappa shape index (κ1) is 15.9. The molecular formula is C14H16Cl2N2O3. The number of nitrogen functional groups attached to an aromatic ring is 1. The van der Waals surface area contributed by atoms with E-state index in [1.165, 1.54) is 17.0 Å². The molecule has 114 valence electrons. The molecular weight excluding hydrogens is 315 g/mol. The summed E-state index contributed by atoms with van der Waals surface area (Å²) in [5, 5.41) is 0.359. The second kappa shape index (κ2) is 6.54. The SMILES string of the molecule is CCOC(=O)C1CCCN1C(=O)c1cc(N)cc(Cl)c1Cl. The monoisotopic (exact) mass is 330 g/mol. The molecule has 1 unspecified atom stereocenters. The van der Waals surface area contributed by atoms with Crippen LogP contribution in [0.3, 0.4) is 0 Å². The molecule has 0 aliphatic carbocycles. The smallest absolute Gasteiger partial charge is 0.328 e. The fraction of sp³-hybridized carbons (Fsp3) is 0.429. The number of nitrogens with two attached hydrogens (primary N) is 1. The van der Waals surface area contributed by atoms with E-state index in [4.69, 9.17) is 33.7 Å². The number of nitrogens with zero attached hydrogens (tertiary/aromatic N) is 1. The highest BCUT2D eigenvalue weighted by molar-refractivity contribution is 6.44. The summed E-state index contributed by atoms with van der Waals surface area (Å²) in [6, 6.07) is 2.37. The Bertz CT molecular complexity index is 578. The summed E-state index contributed by atoms with van der Waals surface area (Å²) in [7, 11) is 0. The number of anilines is 1. The molecule has 21 heavy (non-hydrogen) atoms. The molecule has 0 radical (unpaired) electrons. The molecule has 2 N–H and O–H groups in total. The molecule has 1 fully saturated rings. The Balaban J connectivity index is 2.29. The minimum absolute atomic E-state index is 0.144. The highest BCUT2D eigenvalue weighted by Gasteiger charge is 2.36. The van der Waals surface area contributed by atoms with Crippen molar-refractivity contribution in [3.05, 3.63) is 27.7 Å². The van der Waals surface area contributed by atoms with E-state index in [0.29, 0.717) is 18.7 Å². The Morgan fingerprint density at radius 3 is 2.81 bits per heavy atom. The minimum atomic E-state index is -0.575. The van der Waals surface area contributed by atoms with E-state index in [2.05, 4.69) is 0 Å². The fourth-order valence-electron chi connectivity index (χ4n) is 2.41. The van der Waals surface area contributed by atoms with Crippen LogP contribution in [0.25, 0.3) is 0 Å². The van der Waals surface area contributed by atoms with Crippen molar-refractivity contribution in [1.29, 1.82) is 0 Å². The van der Waals surface area contributed by atoms with Gasteiger partial charge in [-0.2, -0.15) is 0 Å². The second-order valence-corrected chi connectivity index (χ2v) is 5.56. The van der Waals surface area contributed by atoms with Gasteiger partial charge in [-0.25, -0.2) is 4.79 Å². The van der Waals surface area contributed by atoms with Crippen LogP contribution in [0.5, 0.6) is 0 Å². The van der Waals surface area contributed by atoms with Gasteiger partial charge in [-0.3, -0.25) is 4.79 Å². The molecule has 1 atom stereocenters. The van der Waals surface area contributed by atoms with Crippen LogP contribution in [0.15, 0.2) is 12.1 Å². The number of amides is 1. The van der Waals surface area contributed by atoms with Crippen molar-refractivity contribution in [2.75, 3.05) is 18.9 Å². The first-order chi connectivity index (χ1) is 9.95. The molecule has 1 heterocycles. The predicted molar refractivity (Wildman–Crippen MR) is 81.6 cm³/mol. The fourth-order valence-corrected chi connectivity index (χ4v) is 2.83. The average Bonchev–Trinajstić information content (AvgIpc) is 2.91. The maximum atomic E-state index is 12.6. The number of likely N-dealkylation sites (tertiary alicyclic amines) is 1. The molecule has 7 heteroatoms. The van der Waals surface area contributed by atoms with Gasteiger partial charge in [-0.1, -0.05) is 23.2 Å². The first-order valence-corrected chi connectivity index (χ1v) is 7.43. The number of esters is 1. The number of carbonyl (C=O) groups excluding carboxylic acids is 2. The third-order valence-electron chi connectivity index (χ3n) is 3.35. The largest absolute Gasteiger partial charge is 0.464 e. The maximum absolute atomic E-state index is 12.6. The molecule has 0 bridgehead atoms. The Morgan fingerprint density at radius 2 is 2.14 bits per heavy atom. The van der Waals surface area contributed by atoms with Gasteiger partial charge in [0.25, 0.3) is 5.91 Å². The van der Waals surface area contributed by atoms with Gasteiger partial charge in [-0.05, 0) is 31.9 Å². The normalized spacial score (nSPS) is 17.9. The van der Waals surface area contributed by atoms with Gasteiger partial charge in [0.05, 0.1) is 22.2 Å². The molecule has 1 saturated heterocycles. The van der Waals surface area contributed by atoms with E-state index in [-0.39, 0.29) is 28.1 Å². The zero-order valence-electron chi connectivity index (χ0n) is 11.6. The lowest BCUT2D eigenvalue weighted by molar-refractivity contribution is -0.147. The summed E-state index contributed by atoms with van der Waals surface area (Å²) in [5.41, 5.74) is 6.25. The molecule has 0 saturated carbocycles. The summed E-state index contributed by atoms with van der Waals surface area (Å²) in [6.07, 6.45) is 1.32. The van der Waals surface area contributed by atoms with Crippen molar-refractivity contribution >= 4 is 40.8 Å². The van der Waals surface area contributed by atoms with Crippen molar-refractivity contribution in [3.8, 4) is 0 Å². The van der Waals surface area contributed by atoms with Crippen LogP contribution < -0.4 is 5.73 Å². The van der Waals surface area contributed by atoms with E-state index in [0.717, 1.165) is 6.42 Å². The standard InChI is InChI=1S/C14H16Cl2N2O3/c1-2-21-14(20)11-4-3-5-18(11)13(19)9-6-8(17)7-10(15)12(9)16/h6-7,11H,2-5,17H2,1H3. The van der Waals surface area contributed by atoms with Gasteiger partial charge >= 0.3 is 5.97 Å². The van der Waals surface area contributed by atoms with Gasteiger partial charge in [0, 0.05) is 12.2 Å². The van der Waals surface area contributed by atoms with Crippen molar-refractivity contribution in [2.45, 2.75) is 25.8 Å². The lowest BCUT2D eigenvalue weighted by Crippen LogP contribution is -2.41. The Morgan fingerprint density at radius 1 is 1.43 bits per heavy atom. The third-order valence-corrected chi connectivity index (χ3v) is 4.16. The van der Waals surface area contributed by atoms with Gasteiger partial charge in [-0.15, -0.1) is 0 Å². The summed E-state index contributed by atoms with van der Waals surface area (Å²) in [6.45, 7) is 2.49. The van der Waals surface area contributed by atoms with Gasteiger partial charge in [0.1, 0.15) is 6.04 Å². The second-order valence-electron chi connectivity index (χ2n) is 4.77. The Labute approximate surface area is 132 Å². The number of ether oxygens (including phenoxy) is 1. The summed E-state index contributed by atoms with van der Waals surface area (Å²) in [5.74, 6) is -0.751.